The molecule has 0 atom stereocenters. The Kier molecular flexibility index (Phi) is 7.50. The summed E-state index contributed by atoms with van der Waals surface area (Å²) in [6.45, 7) is 2.42. The Morgan fingerprint density at radius 3 is 2.30 bits per heavy atom. The summed E-state index contributed by atoms with van der Waals surface area (Å²) in [6, 6.07) is 15.7. The molecule has 0 aliphatic heterocycles. The third-order valence-electron chi connectivity index (χ3n) is 4.43. The first-order chi connectivity index (χ1) is 15.8. The van der Waals surface area contributed by atoms with Crippen molar-refractivity contribution in [2.24, 2.45) is 5.10 Å². The van der Waals surface area contributed by atoms with E-state index in [0.29, 0.717) is 29.4 Å². The fraction of sp³-hybridized carbons (Fsp3) is 0.174. The first-order valence-corrected chi connectivity index (χ1v) is 9.85. The Morgan fingerprint density at radius 2 is 1.70 bits per heavy atom. The minimum absolute atomic E-state index is 0.00213. The zero-order valence-electron chi connectivity index (χ0n) is 17.5. The number of non-ortho nitro benzene ring substituents is 1. The van der Waals surface area contributed by atoms with Crippen LogP contribution in [0.2, 0.25) is 0 Å². The zero-order chi connectivity index (χ0) is 23.8. The molecule has 0 spiro atoms. The number of benzene rings is 3. The first-order valence-electron chi connectivity index (χ1n) is 9.85. The number of ether oxygens (including phenoxy) is 2. The van der Waals surface area contributed by atoms with Crippen LogP contribution in [-0.2, 0) is 12.8 Å². The highest BCUT2D eigenvalue weighted by atomic mass is 19.4. The Balaban J connectivity index is 1.64. The van der Waals surface area contributed by atoms with E-state index in [-0.39, 0.29) is 12.3 Å². The van der Waals surface area contributed by atoms with E-state index in [2.05, 4.69) is 10.5 Å². The molecular formula is C23H20F3N3O4. The van der Waals surface area contributed by atoms with E-state index in [1.165, 1.54) is 30.5 Å². The Bertz CT molecular complexity index is 1120. The van der Waals surface area contributed by atoms with Gasteiger partial charge in [0.1, 0.15) is 6.61 Å². The quantitative estimate of drug-likeness (QED) is 0.240. The van der Waals surface area contributed by atoms with Crippen molar-refractivity contribution in [3.8, 4) is 11.5 Å². The summed E-state index contributed by atoms with van der Waals surface area (Å²) in [5, 5.41) is 14.8. The van der Waals surface area contributed by atoms with Gasteiger partial charge in [-0.1, -0.05) is 0 Å². The lowest BCUT2D eigenvalue weighted by Crippen LogP contribution is -2.04. The van der Waals surface area contributed by atoms with Crippen molar-refractivity contribution in [2.75, 3.05) is 12.0 Å². The smallest absolute Gasteiger partial charge is 0.416 e. The Labute approximate surface area is 187 Å². The number of hydrogen-bond donors (Lipinski definition) is 1. The molecule has 0 bridgehead atoms. The second-order valence-corrected chi connectivity index (χ2v) is 6.80. The predicted octanol–water partition coefficient (Wildman–Crippen LogP) is 6.04. The van der Waals surface area contributed by atoms with Crippen molar-refractivity contribution in [2.45, 2.75) is 19.7 Å². The summed E-state index contributed by atoms with van der Waals surface area (Å²) >= 11 is 0. The second kappa shape index (κ2) is 10.5. The van der Waals surface area contributed by atoms with Gasteiger partial charge in [0.05, 0.1) is 29.0 Å². The van der Waals surface area contributed by atoms with Crippen molar-refractivity contribution in [1.82, 2.24) is 0 Å². The number of nitrogens with zero attached hydrogens (tertiary/aromatic N) is 2. The molecular weight excluding hydrogens is 439 g/mol. The van der Waals surface area contributed by atoms with Gasteiger partial charge < -0.3 is 9.47 Å². The van der Waals surface area contributed by atoms with Crippen LogP contribution in [0.1, 0.15) is 23.6 Å². The van der Waals surface area contributed by atoms with Crippen LogP contribution in [0.3, 0.4) is 0 Å². The molecule has 1 N–H and O–H groups in total. The van der Waals surface area contributed by atoms with Gasteiger partial charge in [0, 0.05) is 12.1 Å². The molecule has 0 amide bonds. The number of anilines is 1. The van der Waals surface area contributed by atoms with E-state index in [0.717, 1.165) is 17.7 Å². The highest BCUT2D eigenvalue weighted by Gasteiger charge is 2.29. The van der Waals surface area contributed by atoms with E-state index in [9.17, 15) is 23.3 Å². The number of hydrogen-bond acceptors (Lipinski definition) is 6. The molecule has 0 aromatic heterocycles. The van der Waals surface area contributed by atoms with Gasteiger partial charge in [-0.05, 0) is 72.6 Å². The molecule has 3 aromatic rings. The van der Waals surface area contributed by atoms with Crippen LogP contribution in [0.25, 0.3) is 0 Å². The van der Waals surface area contributed by atoms with Gasteiger partial charge in [0.2, 0.25) is 0 Å². The number of halogens is 3. The highest BCUT2D eigenvalue weighted by molar-refractivity contribution is 5.81. The standard InChI is InChI=1S/C23H20F3N3O4/c1-2-32-22-13-17(14-27-28-19-8-6-18(7-9-19)23(24,25)26)5-12-21(22)33-15-16-3-10-20(11-4-16)29(30)31/h3-14,28H,2,15H2,1H3/b27-14+. The van der Waals surface area contributed by atoms with Crippen LogP contribution >= 0.6 is 0 Å². The number of nitro benzene ring substituents is 1. The summed E-state index contributed by atoms with van der Waals surface area (Å²) < 4.78 is 49.3. The second-order valence-electron chi connectivity index (χ2n) is 6.80. The van der Waals surface area contributed by atoms with Crippen LogP contribution < -0.4 is 14.9 Å². The molecule has 172 valence electrons. The van der Waals surface area contributed by atoms with Crippen LogP contribution in [0.5, 0.6) is 11.5 Å². The average Bonchev–Trinajstić information content (AvgIpc) is 2.79. The monoisotopic (exact) mass is 459 g/mol. The molecule has 0 unspecified atom stereocenters. The van der Waals surface area contributed by atoms with Gasteiger partial charge in [-0.25, -0.2) is 0 Å². The van der Waals surface area contributed by atoms with Crippen molar-refractivity contribution >= 4 is 17.6 Å². The van der Waals surface area contributed by atoms with E-state index in [4.69, 9.17) is 9.47 Å². The van der Waals surface area contributed by atoms with Gasteiger partial charge in [-0.2, -0.15) is 18.3 Å². The van der Waals surface area contributed by atoms with Crippen molar-refractivity contribution < 1.29 is 27.6 Å². The molecule has 0 saturated heterocycles. The maximum Gasteiger partial charge on any atom is 0.416 e. The zero-order valence-corrected chi connectivity index (χ0v) is 17.5. The first kappa shape index (κ1) is 23.6. The largest absolute Gasteiger partial charge is 0.490 e. The predicted molar refractivity (Wildman–Crippen MR) is 118 cm³/mol. The normalized spacial score (nSPS) is 11.4. The number of rotatable bonds is 9. The minimum atomic E-state index is -4.39. The lowest BCUT2D eigenvalue weighted by Gasteiger charge is -2.12. The third kappa shape index (κ3) is 6.70. The number of hydrazone groups is 1. The Hall–Kier alpha value is -4.08. The molecule has 3 aromatic carbocycles. The molecule has 0 aliphatic carbocycles. The van der Waals surface area contributed by atoms with Gasteiger partial charge in [-0.3, -0.25) is 15.5 Å². The van der Waals surface area contributed by atoms with E-state index in [1.807, 2.05) is 6.92 Å². The number of alkyl halides is 3. The molecule has 7 nitrogen and oxygen atoms in total. The Morgan fingerprint density at radius 1 is 1.00 bits per heavy atom. The van der Waals surface area contributed by atoms with E-state index < -0.39 is 16.7 Å². The van der Waals surface area contributed by atoms with Crippen LogP contribution in [-0.4, -0.2) is 17.7 Å². The van der Waals surface area contributed by atoms with Crippen LogP contribution in [0, 0.1) is 10.1 Å². The molecule has 0 radical (unpaired) electrons. The van der Waals surface area contributed by atoms with Crippen molar-refractivity contribution in [3.05, 3.63) is 93.5 Å². The molecule has 0 aliphatic rings. The highest BCUT2D eigenvalue weighted by Crippen LogP contribution is 2.30. The summed E-state index contributed by atoms with van der Waals surface area (Å²) in [7, 11) is 0. The summed E-state index contributed by atoms with van der Waals surface area (Å²) in [6.07, 6.45) is -2.89. The van der Waals surface area contributed by atoms with Gasteiger partial charge in [-0.15, -0.1) is 0 Å². The topological polar surface area (TPSA) is 86.0 Å². The molecule has 10 heteroatoms. The van der Waals surface area contributed by atoms with Crippen LogP contribution in [0.4, 0.5) is 24.5 Å². The lowest BCUT2D eigenvalue weighted by atomic mass is 10.2. The van der Waals surface area contributed by atoms with E-state index >= 15 is 0 Å². The fourth-order valence-corrected chi connectivity index (χ4v) is 2.78. The molecule has 33 heavy (non-hydrogen) atoms. The van der Waals surface area contributed by atoms with E-state index in [1.54, 1.807) is 30.3 Å². The third-order valence-corrected chi connectivity index (χ3v) is 4.43. The molecule has 0 saturated carbocycles. The average molecular weight is 459 g/mol. The maximum absolute atomic E-state index is 12.6. The molecule has 3 rings (SSSR count). The van der Waals surface area contributed by atoms with Gasteiger partial charge >= 0.3 is 6.18 Å². The molecule has 0 fully saturated rings. The number of nitrogens with one attached hydrogen (secondary N) is 1. The summed E-state index contributed by atoms with van der Waals surface area (Å²) in [5.74, 6) is 0.973. The van der Waals surface area contributed by atoms with Crippen LogP contribution in [0.15, 0.2) is 71.8 Å². The molecule has 0 heterocycles. The SMILES string of the molecule is CCOc1cc(/C=N/Nc2ccc(C(F)(F)F)cc2)ccc1OCc1ccc([N+](=O)[O-])cc1. The van der Waals surface area contributed by atoms with Crippen molar-refractivity contribution in [1.29, 1.82) is 0 Å². The summed E-state index contributed by atoms with van der Waals surface area (Å²) in [5.41, 5.74) is 3.80. The van der Waals surface area contributed by atoms with Gasteiger partial charge in [0.15, 0.2) is 11.5 Å². The minimum Gasteiger partial charge on any atom is -0.490 e. The van der Waals surface area contributed by atoms with Crippen molar-refractivity contribution in [3.63, 3.8) is 0 Å². The van der Waals surface area contributed by atoms with Gasteiger partial charge in [0.25, 0.3) is 5.69 Å². The fourth-order valence-electron chi connectivity index (χ4n) is 2.78. The summed E-state index contributed by atoms with van der Waals surface area (Å²) in [4.78, 5) is 10.3. The number of nitro groups is 1. The lowest BCUT2D eigenvalue weighted by molar-refractivity contribution is -0.384. The maximum atomic E-state index is 12.6.